The Hall–Kier alpha value is -0.830. The summed E-state index contributed by atoms with van der Waals surface area (Å²) in [5.41, 5.74) is 1.45. The van der Waals surface area contributed by atoms with Crippen molar-refractivity contribution in [2.75, 3.05) is 11.9 Å². The highest BCUT2D eigenvalue weighted by Gasteiger charge is 2.36. The van der Waals surface area contributed by atoms with Crippen molar-refractivity contribution in [3.8, 4) is 0 Å². The Morgan fingerprint density at radius 3 is 3.00 bits per heavy atom. The molecule has 70 valence electrons. The summed E-state index contributed by atoms with van der Waals surface area (Å²) in [5.74, 6) is 0. The molecule has 1 N–H and O–H groups in total. The molecule has 0 saturated heterocycles. The van der Waals surface area contributed by atoms with E-state index in [-0.39, 0.29) is 0 Å². The van der Waals surface area contributed by atoms with E-state index in [1.54, 1.807) is 12.3 Å². The molecule has 0 atom stereocenters. The Morgan fingerprint density at radius 1 is 1.62 bits per heavy atom. The van der Waals surface area contributed by atoms with Gasteiger partial charge in [-0.25, -0.2) is 0 Å². The van der Waals surface area contributed by atoms with Crippen molar-refractivity contribution >= 4 is 17.3 Å². The van der Waals surface area contributed by atoms with Crippen LogP contribution in [0.2, 0.25) is 5.15 Å². The smallest absolute Gasteiger partial charge is 0.153 e. The molecule has 0 amide bonds. The third-order valence-electron chi connectivity index (χ3n) is 2.45. The predicted molar refractivity (Wildman–Crippen MR) is 52.9 cm³/mol. The summed E-state index contributed by atoms with van der Waals surface area (Å²) in [7, 11) is 0. The lowest BCUT2D eigenvalue weighted by atomic mass is 10.1. The van der Waals surface area contributed by atoms with Crippen LogP contribution in [0.3, 0.4) is 0 Å². The zero-order valence-corrected chi connectivity index (χ0v) is 8.30. The van der Waals surface area contributed by atoms with Crippen LogP contribution in [0.1, 0.15) is 19.8 Å². The van der Waals surface area contributed by atoms with Gasteiger partial charge in [-0.1, -0.05) is 18.5 Å². The number of hydrogen-bond donors (Lipinski definition) is 1. The lowest BCUT2D eigenvalue weighted by Gasteiger charge is -2.10. The molecule has 1 saturated carbocycles. The van der Waals surface area contributed by atoms with E-state index in [0.29, 0.717) is 10.6 Å². The van der Waals surface area contributed by atoms with Gasteiger partial charge >= 0.3 is 0 Å². The summed E-state index contributed by atoms with van der Waals surface area (Å²) in [5, 5.41) is 11.2. The summed E-state index contributed by atoms with van der Waals surface area (Å²) in [6.07, 6.45) is 4.32. The van der Waals surface area contributed by atoms with Crippen molar-refractivity contribution in [1.29, 1.82) is 0 Å². The molecule has 0 unspecified atom stereocenters. The van der Waals surface area contributed by atoms with Crippen LogP contribution in [-0.2, 0) is 0 Å². The Balaban J connectivity index is 1.94. The first-order valence-corrected chi connectivity index (χ1v) is 4.78. The van der Waals surface area contributed by atoms with Crippen LogP contribution in [0, 0.1) is 5.41 Å². The number of aromatic nitrogens is 2. The second-order valence-electron chi connectivity index (χ2n) is 3.93. The van der Waals surface area contributed by atoms with Gasteiger partial charge in [0.2, 0.25) is 0 Å². The first-order chi connectivity index (χ1) is 6.18. The van der Waals surface area contributed by atoms with Gasteiger partial charge < -0.3 is 5.32 Å². The Morgan fingerprint density at radius 2 is 2.38 bits per heavy atom. The molecule has 1 aromatic rings. The van der Waals surface area contributed by atoms with Crippen LogP contribution in [0.4, 0.5) is 5.69 Å². The van der Waals surface area contributed by atoms with Crippen molar-refractivity contribution in [2.24, 2.45) is 5.41 Å². The molecule has 0 bridgehead atoms. The molecule has 13 heavy (non-hydrogen) atoms. The van der Waals surface area contributed by atoms with Gasteiger partial charge in [0.15, 0.2) is 5.15 Å². The van der Waals surface area contributed by atoms with Gasteiger partial charge in [-0.05, 0) is 18.3 Å². The number of nitrogens with zero attached hydrogens (tertiary/aromatic N) is 2. The number of hydrogen-bond acceptors (Lipinski definition) is 3. The Labute approximate surface area is 82.5 Å². The van der Waals surface area contributed by atoms with Crippen LogP contribution >= 0.6 is 11.6 Å². The maximum Gasteiger partial charge on any atom is 0.153 e. The molecule has 1 aromatic heterocycles. The third-order valence-corrected chi connectivity index (χ3v) is 2.63. The maximum atomic E-state index is 5.70. The third kappa shape index (κ3) is 2.31. The van der Waals surface area contributed by atoms with Gasteiger partial charge in [0.25, 0.3) is 0 Å². The summed E-state index contributed by atoms with van der Waals surface area (Å²) in [6.45, 7) is 3.27. The summed E-state index contributed by atoms with van der Waals surface area (Å²) in [6, 6.07) is 1.79. The van der Waals surface area contributed by atoms with Gasteiger partial charge in [0.1, 0.15) is 0 Å². The fourth-order valence-corrected chi connectivity index (χ4v) is 1.30. The lowest BCUT2D eigenvalue weighted by molar-refractivity contribution is 0.610. The molecule has 0 aromatic carbocycles. The highest BCUT2D eigenvalue weighted by atomic mass is 35.5. The molecular formula is C9H12ClN3. The topological polar surface area (TPSA) is 37.8 Å². The van der Waals surface area contributed by atoms with Crippen LogP contribution in [-0.4, -0.2) is 16.7 Å². The van der Waals surface area contributed by atoms with Crippen LogP contribution in [0.25, 0.3) is 0 Å². The van der Waals surface area contributed by atoms with E-state index in [2.05, 4.69) is 22.4 Å². The molecule has 3 nitrogen and oxygen atoms in total. The van der Waals surface area contributed by atoms with Crippen LogP contribution in [0.5, 0.6) is 0 Å². The largest absolute Gasteiger partial charge is 0.383 e. The highest BCUT2D eigenvalue weighted by molar-refractivity contribution is 6.29. The molecule has 0 aliphatic heterocycles. The summed E-state index contributed by atoms with van der Waals surface area (Å²) >= 11 is 5.70. The maximum absolute atomic E-state index is 5.70. The average molecular weight is 198 g/mol. The number of anilines is 1. The summed E-state index contributed by atoms with van der Waals surface area (Å²) < 4.78 is 0. The molecule has 2 rings (SSSR count). The second-order valence-corrected chi connectivity index (χ2v) is 4.32. The molecule has 1 fully saturated rings. The second kappa shape index (κ2) is 3.14. The normalized spacial score (nSPS) is 18.3. The fourth-order valence-electron chi connectivity index (χ4n) is 1.14. The quantitative estimate of drug-likeness (QED) is 0.809. The van der Waals surface area contributed by atoms with Gasteiger partial charge in [0, 0.05) is 12.6 Å². The lowest BCUT2D eigenvalue weighted by Crippen LogP contribution is -2.11. The van der Waals surface area contributed by atoms with Gasteiger partial charge in [-0.3, -0.25) is 0 Å². The first-order valence-electron chi connectivity index (χ1n) is 4.40. The number of rotatable bonds is 3. The van der Waals surface area contributed by atoms with Crippen molar-refractivity contribution in [3.63, 3.8) is 0 Å². The first kappa shape index (κ1) is 8.75. The zero-order chi connectivity index (χ0) is 9.31. The molecule has 1 heterocycles. The van der Waals surface area contributed by atoms with E-state index in [0.717, 1.165) is 12.2 Å². The van der Waals surface area contributed by atoms with Crippen molar-refractivity contribution in [2.45, 2.75) is 19.8 Å². The molecule has 0 spiro atoms. The molecule has 1 aliphatic rings. The monoisotopic (exact) mass is 197 g/mol. The predicted octanol–water partition coefficient (Wildman–Crippen LogP) is 2.34. The molecule has 4 heteroatoms. The average Bonchev–Trinajstić information content (AvgIpc) is 2.82. The van der Waals surface area contributed by atoms with Crippen LogP contribution in [0.15, 0.2) is 12.3 Å². The molecule has 1 aliphatic carbocycles. The minimum absolute atomic E-state index is 0.436. The van der Waals surface area contributed by atoms with E-state index in [4.69, 9.17) is 11.6 Å². The minimum Gasteiger partial charge on any atom is -0.383 e. The SMILES string of the molecule is CC1(CNc2cnnc(Cl)c2)CC1. The standard InChI is InChI=1S/C9H12ClN3/c1-9(2-3-9)6-11-7-4-8(10)13-12-5-7/h4-5H,2-3,6H2,1H3,(H,11,13). The van der Waals surface area contributed by atoms with E-state index in [1.165, 1.54) is 12.8 Å². The van der Waals surface area contributed by atoms with Gasteiger partial charge in [0.05, 0.1) is 11.9 Å². The fraction of sp³-hybridized carbons (Fsp3) is 0.556. The zero-order valence-electron chi connectivity index (χ0n) is 7.55. The Kier molecular flexibility index (Phi) is 2.12. The van der Waals surface area contributed by atoms with E-state index in [9.17, 15) is 0 Å². The van der Waals surface area contributed by atoms with Gasteiger partial charge in [-0.15, -0.1) is 5.10 Å². The highest BCUT2D eigenvalue weighted by Crippen LogP contribution is 2.44. The minimum atomic E-state index is 0.436. The number of halogens is 1. The van der Waals surface area contributed by atoms with E-state index >= 15 is 0 Å². The van der Waals surface area contributed by atoms with Gasteiger partial charge in [-0.2, -0.15) is 5.10 Å². The van der Waals surface area contributed by atoms with E-state index < -0.39 is 0 Å². The number of nitrogens with one attached hydrogen (secondary N) is 1. The Bertz CT molecular complexity index is 309. The van der Waals surface area contributed by atoms with Crippen molar-refractivity contribution in [3.05, 3.63) is 17.4 Å². The summed E-state index contributed by atoms with van der Waals surface area (Å²) in [4.78, 5) is 0. The molecular weight excluding hydrogens is 186 g/mol. The molecule has 0 radical (unpaired) electrons. The van der Waals surface area contributed by atoms with Crippen molar-refractivity contribution in [1.82, 2.24) is 10.2 Å². The van der Waals surface area contributed by atoms with E-state index in [1.807, 2.05) is 0 Å². The van der Waals surface area contributed by atoms with Crippen LogP contribution < -0.4 is 5.32 Å². The van der Waals surface area contributed by atoms with Crippen molar-refractivity contribution < 1.29 is 0 Å².